The highest BCUT2D eigenvalue weighted by Gasteiger charge is 2.16. The molecule has 0 spiro atoms. The predicted octanol–water partition coefficient (Wildman–Crippen LogP) is 3.27. The summed E-state index contributed by atoms with van der Waals surface area (Å²) in [5, 5.41) is 6.80. The van der Waals surface area contributed by atoms with Crippen LogP contribution < -0.4 is 5.32 Å². The maximum atomic E-state index is 4.80. The second-order valence-electron chi connectivity index (χ2n) is 5.02. The molecule has 2 nitrogen and oxygen atoms in total. The molecule has 3 heteroatoms. The lowest BCUT2D eigenvalue weighted by Gasteiger charge is -2.04. The fourth-order valence-electron chi connectivity index (χ4n) is 2.52. The van der Waals surface area contributed by atoms with Crippen LogP contribution in [0.25, 0.3) is 10.6 Å². The van der Waals surface area contributed by atoms with E-state index in [-0.39, 0.29) is 0 Å². The Kier molecular flexibility index (Phi) is 3.43. The van der Waals surface area contributed by atoms with Crippen molar-refractivity contribution in [3.05, 3.63) is 40.9 Å². The van der Waals surface area contributed by atoms with Crippen molar-refractivity contribution in [1.82, 2.24) is 10.3 Å². The van der Waals surface area contributed by atoms with Crippen LogP contribution in [0.5, 0.6) is 0 Å². The monoisotopic (exact) mass is 258 g/mol. The van der Waals surface area contributed by atoms with Gasteiger partial charge in [0.1, 0.15) is 5.01 Å². The largest absolute Gasteiger partial charge is 0.316 e. The SMILES string of the molecule is Cc1ccccc1-c1nc(CC2CCNC2)cs1. The highest BCUT2D eigenvalue weighted by atomic mass is 32.1. The topological polar surface area (TPSA) is 24.9 Å². The van der Waals surface area contributed by atoms with Crippen LogP contribution in [0.2, 0.25) is 0 Å². The van der Waals surface area contributed by atoms with Crippen molar-refractivity contribution in [2.75, 3.05) is 13.1 Å². The number of aryl methyl sites for hydroxylation is 1. The van der Waals surface area contributed by atoms with Gasteiger partial charge in [0.25, 0.3) is 0 Å². The second-order valence-corrected chi connectivity index (χ2v) is 5.88. The lowest BCUT2D eigenvalue weighted by atomic mass is 10.0. The van der Waals surface area contributed by atoms with Crippen LogP contribution in [0.1, 0.15) is 17.7 Å². The van der Waals surface area contributed by atoms with Crippen molar-refractivity contribution >= 4 is 11.3 Å². The van der Waals surface area contributed by atoms with Gasteiger partial charge in [-0.3, -0.25) is 0 Å². The van der Waals surface area contributed by atoms with Crippen LogP contribution in [0.4, 0.5) is 0 Å². The Balaban J connectivity index is 1.79. The van der Waals surface area contributed by atoms with E-state index in [0.29, 0.717) is 0 Å². The van der Waals surface area contributed by atoms with Crippen molar-refractivity contribution < 1.29 is 0 Å². The number of hydrogen-bond donors (Lipinski definition) is 1. The Morgan fingerprint density at radius 2 is 2.28 bits per heavy atom. The fraction of sp³-hybridized carbons (Fsp3) is 0.400. The van der Waals surface area contributed by atoms with Gasteiger partial charge >= 0.3 is 0 Å². The third-order valence-electron chi connectivity index (χ3n) is 3.59. The molecule has 0 aliphatic carbocycles. The third kappa shape index (κ3) is 2.47. The molecule has 1 fully saturated rings. The van der Waals surface area contributed by atoms with Gasteiger partial charge in [-0.05, 0) is 44.3 Å². The molecule has 94 valence electrons. The van der Waals surface area contributed by atoms with Crippen molar-refractivity contribution in [2.24, 2.45) is 5.92 Å². The minimum absolute atomic E-state index is 0.775. The van der Waals surface area contributed by atoms with Gasteiger partial charge < -0.3 is 5.32 Å². The molecule has 1 aliphatic rings. The van der Waals surface area contributed by atoms with E-state index >= 15 is 0 Å². The highest BCUT2D eigenvalue weighted by Crippen LogP contribution is 2.27. The zero-order valence-electron chi connectivity index (χ0n) is 10.6. The quantitative estimate of drug-likeness (QED) is 0.914. The van der Waals surface area contributed by atoms with E-state index in [4.69, 9.17) is 4.98 Å². The molecule has 1 saturated heterocycles. The third-order valence-corrected chi connectivity index (χ3v) is 4.51. The summed E-state index contributed by atoms with van der Waals surface area (Å²) >= 11 is 1.77. The first-order valence-electron chi connectivity index (χ1n) is 6.54. The van der Waals surface area contributed by atoms with E-state index in [2.05, 4.69) is 41.9 Å². The summed E-state index contributed by atoms with van der Waals surface area (Å²) in [4.78, 5) is 4.80. The first kappa shape index (κ1) is 11.9. The number of hydrogen-bond acceptors (Lipinski definition) is 3. The first-order valence-corrected chi connectivity index (χ1v) is 7.42. The van der Waals surface area contributed by atoms with Gasteiger partial charge in [0, 0.05) is 10.9 Å². The highest BCUT2D eigenvalue weighted by molar-refractivity contribution is 7.13. The van der Waals surface area contributed by atoms with E-state index in [0.717, 1.165) is 23.9 Å². The molecule has 1 unspecified atom stereocenters. The summed E-state index contributed by atoms with van der Waals surface area (Å²) in [5.41, 5.74) is 3.84. The Bertz CT molecular complexity index is 527. The van der Waals surface area contributed by atoms with Crippen molar-refractivity contribution in [3.63, 3.8) is 0 Å². The van der Waals surface area contributed by atoms with Crippen LogP contribution in [0.15, 0.2) is 29.6 Å². The van der Waals surface area contributed by atoms with Gasteiger partial charge in [0.2, 0.25) is 0 Å². The Labute approximate surface area is 112 Å². The summed E-state index contributed by atoms with van der Waals surface area (Å²) in [5.74, 6) is 0.775. The predicted molar refractivity (Wildman–Crippen MR) is 77.0 cm³/mol. The number of rotatable bonds is 3. The molecule has 0 amide bonds. The number of nitrogens with one attached hydrogen (secondary N) is 1. The van der Waals surface area contributed by atoms with E-state index in [9.17, 15) is 0 Å². The molecule has 1 aromatic carbocycles. The molecular formula is C15H18N2S. The molecule has 1 atom stereocenters. The average Bonchev–Trinajstić information content (AvgIpc) is 3.02. The minimum atomic E-state index is 0.775. The summed E-state index contributed by atoms with van der Waals surface area (Å²) in [6.45, 7) is 4.47. The number of nitrogens with zero attached hydrogens (tertiary/aromatic N) is 1. The van der Waals surface area contributed by atoms with Gasteiger partial charge in [-0.15, -0.1) is 11.3 Å². The molecular weight excluding hydrogens is 240 g/mol. The van der Waals surface area contributed by atoms with Crippen LogP contribution in [-0.2, 0) is 6.42 Å². The maximum Gasteiger partial charge on any atom is 0.123 e. The zero-order chi connectivity index (χ0) is 12.4. The Morgan fingerprint density at radius 3 is 3.06 bits per heavy atom. The fourth-order valence-corrected chi connectivity index (χ4v) is 3.44. The molecule has 1 aliphatic heterocycles. The van der Waals surface area contributed by atoms with Crippen molar-refractivity contribution in [1.29, 1.82) is 0 Å². The van der Waals surface area contributed by atoms with Crippen LogP contribution in [0.3, 0.4) is 0 Å². The minimum Gasteiger partial charge on any atom is -0.316 e. The number of aromatic nitrogens is 1. The molecule has 0 radical (unpaired) electrons. The molecule has 0 bridgehead atoms. The standard InChI is InChI=1S/C15H18N2S/c1-11-4-2-3-5-14(11)15-17-13(10-18-15)8-12-6-7-16-9-12/h2-5,10,12,16H,6-9H2,1H3. The van der Waals surface area contributed by atoms with E-state index in [1.54, 1.807) is 11.3 Å². The lowest BCUT2D eigenvalue weighted by molar-refractivity contribution is 0.573. The average molecular weight is 258 g/mol. The molecule has 2 heterocycles. The Hall–Kier alpha value is -1.19. The summed E-state index contributed by atoms with van der Waals surface area (Å²) < 4.78 is 0. The van der Waals surface area contributed by atoms with Gasteiger partial charge in [0.05, 0.1) is 5.69 Å². The smallest absolute Gasteiger partial charge is 0.123 e. The van der Waals surface area contributed by atoms with Gasteiger partial charge in [-0.2, -0.15) is 0 Å². The lowest BCUT2D eigenvalue weighted by Crippen LogP contribution is -2.10. The normalized spacial score (nSPS) is 19.3. The molecule has 18 heavy (non-hydrogen) atoms. The summed E-state index contributed by atoms with van der Waals surface area (Å²) in [6, 6.07) is 8.48. The van der Waals surface area contributed by atoms with E-state index in [1.165, 1.54) is 29.8 Å². The van der Waals surface area contributed by atoms with Crippen molar-refractivity contribution in [3.8, 4) is 10.6 Å². The van der Waals surface area contributed by atoms with E-state index in [1.807, 2.05) is 0 Å². The molecule has 3 rings (SSSR count). The van der Waals surface area contributed by atoms with Crippen molar-refractivity contribution in [2.45, 2.75) is 19.8 Å². The molecule has 1 aromatic heterocycles. The number of benzene rings is 1. The van der Waals surface area contributed by atoms with Gasteiger partial charge in [-0.25, -0.2) is 4.98 Å². The molecule has 1 N–H and O–H groups in total. The van der Waals surface area contributed by atoms with Gasteiger partial charge in [0.15, 0.2) is 0 Å². The second kappa shape index (κ2) is 5.21. The zero-order valence-corrected chi connectivity index (χ0v) is 11.5. The van der Waals surface area contributed by atoms with Crippen LogP contribution >= 0.6 is 11.3 Å². The van der Waals surface area contributed by atoms with Crippen LogP contribution in [0, 0.1) is 12.8 Å². The van der Waals surface area contributed by atoms with Gasteiger partial charge in [-0.1, -0.05) is 24.3 Å². The van der Waals surface area contributed by atoms with Crippen LogP contribution in [-0.4, -0.2) is 18.1 Å². The first-order chi connectivity index (χ1) is 8.83. The molecule has 0 saturated carbocycles. The maximum absolute atomic E-state index is 4.80. The van der Waals surface area contributed by atoms with E-state index < -0.39 is 0 Å². The Morgan fingerprint density at radius 1 is 1.39 bits per heavy atom. The number of thiazole rings is 1. The molecule has 2 aromatic rings. The summed E-state index contributed by atoms with van der Waals surface area (Å²) in [6.07, 6.45) is 2.41. The summed E-state index contributed by atoms with van der Waals surface area (Å²) in [7, 11) is 0.